The van der Waals surface area contributed by atoms with E-state index < -0.39 is 0 Å². The fourth-order valence-electron chi connectivity index (χ4n) is 1.62. The van der Waals surface area contributed by atoms with E-state index in [1.54, 1.807) is 6.07 Å². The third-order valence-electron chi connectivity index (χ3n) is 2.48. The Labute approximate surface area is 108 Å². The van der Waals surface area contributed by atoms with Gasteiger partial charge in [0.15, 0.2) is 0 Å². The molecule has 0 aliphatic carbocycles. The van der Waals surface area contributed by atoms with Crippen LogP contribution in [0.3, 0.4) is 0 Å². The van der Waals surface area contributed by atoms with E-state index >= 15 is 0 Å². The first-order valence-corrected chi connectivity index (χ1v) is 5.84. The smallest absolute Gasteiger partial charge is 0.142 e. The monoisotopic (exact) mass is 287 g/mol. The highest BCUT2D eigenvalue weighted by Crippen LogP contribution is 2.25. The molecule has 0 amide bonds. The Kier molecular flexibility index (Phi) is 3.12. The molecule has 4 heteroatoms. The van der Waals surface area contributed by atoms with Crippen molar-refractivity contribution >= 4 is 21.7 Å². The summed E-state index contributed by atoms with van der Waals surface area (Å²) in [5, 5.41) is 8.86. The van der Waals surface area contributed by atoms with E-state index in [1.165, 1.54) is 0 Å². The van der Waals surface area contributed by atoms with Gasteiger partial charge in [-0.15, -0.1) is 0 Å². The summed E-state index contributed by atoms with van der Waals surface area (Å²) in [5.41, 5.74) is 8.89. The first-order chi connectivity index (χ1) is 8.11. The van der Waals surface area contributed by atoms with E-state index in [0.717, 1.165) is 21.3 Å². The fraction of sp³-hybridized carbons (Fsp3) is 0.0769. The topological polar surface area (TPSA) is 62.7 Å². The Morgan fingerprint density at radius 3 is 2.53 bits per heavy atom. The minimum atomic E-state index is 0.274. The predicted octanol–water partition coefficient (Wildman–Crippen LogP) is 3.27. The van der Waals surface area contributed by atoms with Crippen LogP contribution in [0, 0.1) is 18.3 Å². The zero-order chi connectivity index (χ0) is 12.4. The van der Waals surface area contributed by atoms with Gasteiger partial charge in [-0.1, -0.05) is 28.1 Å². The maximum atomic E-state index is 8.86. The second kappa shape index (κ2) is 4.56. The number of rotatable bonds is 1. The van der Waals surface area contributed by atoms with Crippen LogP contribution in [0.5, 0.6) is 0 Å². The number of hydrogen-bond donors (Lipinski definition) is 1. The van der Waals surface area contributed by atoms with Crippen LogP contribution >= 0.6 is 15.9 Å². The summed E-state index contributed by atoms with van der Waals surface area (Å²) in [6.45, 7) is 1.92. The number of halogens is 1. The molecule has 0 saturated carbocycles. The minimum absolute atomic E-state index is 0.274. The highest BCUT2D eigenvalue weighted by atomic mass is 79.9. The lowest BCUT2D eigenvalue weighted by Crippen LogP contribution is -1.98. The zero-order valence-electron chi connectivity index (χ0n) is 9.24. The average Bonchev–Trinajstić information content (AvgIpc) is 2.33. The summed E-state index contributed by atoms with van der Waals surface area (Å²) >= 11 is 3.39. The van der Waals surface area contributed by atoms with Crippen molar-refractivity contribution in [1.82, 2.24) is 4.98 Å². The third kappa shape index (κ3) is 2.29. The molecule has 1 aromatic heterocycles. The van der Waals surface area contributed by atoms with Gasteiger partial charge in [-0.3, -0.25) is 0 Å². The third-order valence-corrected chi connectivity index (χ3v) is 3.01. The van der Waals surface area contributed by atoms with Crippen molar-refractivity contribution in [3.63, 3.8) is 0 Å². The molecule has 0 aliphatic rings. The summed E-state index contributed by atoms with van der Waals surface area (Å²) in [6, 6.07) is 11.6. The molecule has 0 spiro atoms. The van der Waals surface area contributed by atoms with Crippen molar-refractivity contribution in [2.75, 3.05) is 5.73 Å². The molecule has 0 bridgehead atoms. The van der Waals surface area contributed by atoms with E-state index in [2.05, 4.69) is 20.9 Å². The molecule has 3 nitrogen and oxygen atoms in total. The van der Waals surface area contributed by atoms with Gasteiger partial charge in [-0.25, -0.2) is 4.98 Å². The number of nitrogen functional groups attached to an aromatic ring is 1. The zero-order valence-corrected chi connectivity index (χ0v) is 10.8. The van der Waals surface area contributed by atoms with Crippen LogP contribution in [0.2, 0.25) is 0 Å². The Morgan fingerprint density at radius 1 is 1.29 bits per heavy atom. The van der Waals surface area contributed by atoms with Crippen LogP contribution in [0.1, 0.15) is 11.1 Å². The molecular weight excluding hydrogens is 278 g/mol. The van der Waals surface area contributed by atoms with Gasteiger partial charge < -0.3 is 5.73 Å². The number of anilines is 1. The normalized spacial score (nSPS) is 9.94. The van der Waals surface area contributed by atoms with Gasteiger partial charge in [0, 0.05) is 10.0 Å². The van der Waals surface area contributed by atoms with Gasteiger partial charge in [-0.05, 0) is 30.7 Å². The average molecular weight is 288 g/mol. The summed E-state index contributed by atoms with van der Waals surface area (Å²) in [6.07, 6.45) is 0. The summed E-state index contributed by atoms with van der Waals surface area (Å²) in [7, 11) is 0. The lowest BCUT2D eigenvalue weighted by Gasteiger charge is -2.07. The van der Waals surface area contributed by atoms with Crippen LogP contribution in [-0.4, -0.2) is 4.98 Å². The van der Waals surface area contributed by atoms with Crippen LogP contribution in [-0.2, 0) is 0 Å². The molecule has 2 aromatic rings. The summed E-state index contributed by atoms with van der Waals surface area (Å²) in [4.78, 5) is 4.28. The second-order valence-electron chi connectivity index (χ2n) is 3.71. The number of pyridine rings is 1. The maximum absolute atomic E-state index is 8.86. The maximum Gasteiger partial charge on any atom is 0.142 e. The van der Waals surface area contributed by atoms with Crippen LogP contribution in [0.15, 0.2) is 34.8 Å². The molecule has 0 unspecified atom stereocenters. The Hall–Kier alpha value is -1.86. The van der Waals surface area contributed by atoms with Crippen molar-refractivity contribution in [2.45, 2.75) is 6.92 Å². The standard InChI is InChI=1S/C13H10BrN3/c1-8-6-10(7-15)13(16)17-12(8)9-2-4-11(14)5-3-9/h2-6H,1H3,(H2,16,17). The van der Waals surface area contributed by atoms with E-state index in [0.29, 0.717) is 5.56 Å². The Balaban J connectivity index is 2.57. The van der Waals surface area contributed by atoms with Crippen molar-refractivity contribution in [2.24, 2.45) is 0 Å². The van der Waals surface area contributed by atoms with Crippen LogP contribution in [0.25, 0.3) is 11.3 Å². The van der Waals surface area contributed by atoms with E-state index in [-0.39, 0.29) is 5.82 Å². The largest absolute Gasteiger partial charge is 0.383 e. The van der Waals surface area contributed by atoms with Crippen molar-refractivity contribution in [3.8, 4) is 17.3 Å². The van der Waals surface area contributed by atoms with Crippen molar-refractivity contribution in [1.29, 1.82) is 5.26 Å². The first-order valence-electron chi connectivity index (χ1n) is 5.05. The van der Waals surface area contributed by atoms with Gasteiger partial charge in [0.2, 0.25) is 0 Å². The number of nitrogens with two attached hydrogens (primary N) is 1. The second-order valence-corrected chi connectivity index (χ2v) is 4.62. The highest BCUT2D eigenvalue weighted by molar-refractivity contribution is 9.10. The molecule has 0 atom stereocenters. The molecule has 0 aliphatic heterocycles. The van der Waals surface area contributed by atoms with E-state index in [9.17, 15) is 0 Å². The summed E-state index contributed by atoms with van der Waals surface area (Å²) < 4.78 is 1.01. The number of aromatic nitrogens is 1. The quantitative estimate of drug-likeness (QED) is 0.876. The molecule has 0 radical (unpaired) electrons. The van der Waals surface area contributed by atoms with Crippen LogP contribution in [0.4, 0.5) is 5.82 Å². The van der Waals surface area contributed by atoms with Gasteiger partial charge in [0.1, 0.15) is 11.9 Å². The molecule has 17 heavy (non-hydrogen) atoms. The molecule has 84 valence electrons. The number of nitrogens with zero attached hydrogens (tertiary/aromatic N) is 2. The lowest BCUT2D eigenvalue weighted by molar-refractivity contribution is 1.26. The molecular formula is C13H10BrN3. The molecule has 1 heterocycles. The molecule has 0 fully saturated rings. The lowest BCUT2D eigenvalue weighted by atomic mass is 10.1. The molecule has 2 rings (SSSR count). The summed E-state index contributed by atoms with van der Waals surface area (Å²) in [5.74, 6) is 0.274. The molecule has 1 aromatic carbocycles. The Bertz CT molecular complexity index is 597. The highest BCUT2D eigenvalue weighted by Gasteiger charge is 2.08. The number of benzene rings is 1. The SMILES string of the molecule is Cc1cc(C#N)c(N)nc1-c1ccc(Br)cc1. The Morgan fingerprint density at radius 2 is 1.94 bits per heavy atom. The molecule has 2 N–H and O–H groups in total. The number of nitriles is 1. The van der Waals surface area contributed by atoms with Gasteiger partial charge >= 0.3 is 0 Å². The van der Waals surface area contributed by atoms with Crippen molar-refractivity contribution < 1.29 is 0 Å². The predicted molar refractivity (Wildman–Crippen MR) is 71.2 cm³/mol. The van der Waals surface area contributed by atoms with Crippen LogP contribution < -0.4 is 5.73 Å². The number of hydrogen-bond acceptors (Lipinski definition) is 3. The minimum Gasteiger partial charge on any atom is -0.383 e. The number of aryl methyl sites for hydroxylation is 1. The van der Waals surface area contributed by atoms with Crippen molar-refractivity contribution in [3.05, 3.63) is 45.9 Å². The molecule has 0 saturated heterocycles. The van der Waals surface area contributed by atoms with E-state index in [4.69, 9.17) is 11.0 Å². The fourth-order valence-corrected chi connectivity index (χ4v) is 1.88. The van der Waals surface area contributed by atoms with Gasteiger partial charge in [-0.2, -0.15) is 5.26 Å². The first kappa shape index (κ1) is 11.6. The van der Waals surface area contributed by atoms with Gasteiger partial charge in [0.25, 0.3) is 0 Å². The van der Waals surface area contributed by atoms with E-state index in [1.807, 2.05) is 37.3 Å². The van der Waals surface area contributed by atoms with Gasteiger partial charge in [0.05, 0.1) is 11.3 Å².